The van der Waals surface area contributed by atoms with Gasteiger partial charge in [-0.15, -0.1) is 0 Å². The van der Waals surface area contributed by atoms with Gasteiger partial charge in [0.05, 0.1) is 0 Å². The SMILES string of the molecule is O=C(O)CCCCCCNC(=O)CCCCc1ccccc1. The Morgan fingerprint density at radius 1 is 0.864 bits per heavy atom. The second-order valence-electron chi connectivity index (χ2n) is 5.60. The molecule has 0 heterocycles. The van der Waals surface area contributed by atoms with E-state index in [1.54, 1.807) is 0 Å². The summed E-state index contributed by atoms with van der Waals surface area (Å²) in [4.78, 5) is 22.0. The summed E-state index contributed by atoms with van der Waals surface area (Å²) < 4.78 is 0. The van der Waals surface area contributed by atoms with E-state index >= 15 is 0 Å². The molecular formula is C18H27NO3. The Bertz CT molecular complexity index is 431. The molecule has 0 aliphatic carbocycles. The van der Waals surface area contributed by atoms with Crippen LogP contribution in [0.25, 0.3) is 0 Å². The molecular weight excluding hydrogens is 278 g/mol. The molecule has 0 aliphatic heterocycles. The van der Waals surface area contributed by atoms with Gasteiger partial charge in [0.2, 0.25) is 5.91 Å². The molecule has 0 atom stereocenters. The van der Waals surface area contributed by atoms with Gasteiger partial charge in [-0.25, -0.2) is 0 Å². The fourth-order valence-electron chi connectivity index (χ4n) is 2.33. The molecule has 0 saturated heterocycles. The second-order valence-corrected chi connectivity index (χ2v) is 5.60. The van der Waals surface area contributed by atoms with E-state index in [-0.39, 0.29) is 12.3 Å². The summed E-state index contributed by atoms with van der Waals surface area (Å²) in [6.45, 7) is 0.699. The fraction of sp³-hybridized carbons (Fsp3) is 0.556. The van der Waals surface area contributed by atoms with Crippen LogP contribution >= 0.6 is 0 Å². The zero-order chi connectivity index (χ0) is 16.0. The third kappa shape index (κ3) is 9.97. The minimum absolute atomic E-state index is 0.124. The van der Waals surface area contributed by atoms with Gasteiger partial charge < -0.3 is 10.4 Å². The Hall–Kier alpha value is -1.84. The van der Waals surface area contributed by atoms with Crippen LogP contribution in [0, 0.1) is 0 Å². The van der Waals surface area contributed by atoms with Gasteiger partial charge in [-0.2, -0.15) is 0 Å². The third-order valence-electron chi connectivity index (χ3n) is 3.60. The number of unbranched alkanes of at least 4 members (excludes halogenated alkanes) is 4. The molecule has 0 aliphatic rings. The smallest absolute Gasteiger partial charge is 0.303 e. The number of hydrogen-bond donors (Lipinski definition) is 2. The molecule has 22 heavy (non-hydrogen) atoms. The highest BCUT2D eigenvalue weighted by Gasteiger charge is 2.01. The summed E-state index contributed by atoms with van der Waals surface area (Å²) in [5.74, 6) is -0.609. The number of carboxylic acids is 1. The Balaban J connectivity index is 1.90. The molecule has 0 saturated carbocycles. The van der Waals surface area contributed by atoms with Crippen LogP contribution in [-0.2, 0) is 16.0 Å². The number of amides is 1. The lowest BCUT2D eigenvalue weighted by Crippen LogP contribution is -2.24. The van der Waals surface area contributed by atoms with Gasteiger partial charge in [0, 0.05) is 19.4 Å². The molecule has 1 rings (SSSR count). The Morgan fingerprint density at radius 3 is 2.27 bits per heavy atom. The number of carboxylic acid groups (broad SMARTS) is 1. The van der Waals surface area contributed by atoms with Crippen LogP contribution in [0.15, 0.2) is 30.3 Å². The number of benzene rings is 1. The number of rotatable bonds is 12. The average molecular weight is 305 g/mol. The lowest BCUT2D eigenvalue weighted by Gasteiger charge is -2.05. The molecule has 0 unspecified atom stereocenters. The van der Waals surface area contributed by atoms with Gasteiger partial charge in [0.15, 0.2) is 0 Å². The zero-order valence-corrected chi connectivity index (χ0v) is 13.2. The molecule has 2 N–H and O–H groups in total. The van der Waals surface area contributed by atoms with Crippen molar-refractivity contribution in [3.63, 3.8) is 0 Å². The number of nitrogens with one attached hydrogen (secondary N) is 1. The normalized spacial score (nSPS) is 10.4. The Morgan fingerprint density at radius 2 is 1.55 bits per heavy atom. The first-order valence-electron chi connectivity index (χ1n) is 8.21. The minimum atomic E-state index is -0.733. The van der Waals surface area contributed by atoms with Crippen molar-refractivity contribution in [2.45, 2.75) is 57.8 Å². The van der Waals surface area contributed by atoms with Crippen molar-refractivity contribution in [3.8, 4) is 0 Å². The van der Waals surface area contributed by atoms with E-state index in [1.807, 2.05) is 18.2 Å². The minimum Gasteiger partial charge on any atom is -0.481 e. The lowest BCUT2D eigenvalue weighted by atomic mass is 10.1. The highest BCUT2D eigenvalue weighted by atomic mass is 16.4. The molecule has 0 aromatic heterocycles. The summed E-state index contributed by atoms with van der Waals surface area (Å²) in [5.41, 5.74) is 1.32. The quantitative estimate of drug-likeness (QED) is 0.580. The fourth-order valence-corrected chi connectivity index (χ4v) is 2.33. The maximum atomic E-state index is 11.6. The van der Waals surface area contributed by atoms with Crippen molar-refractivity contribution in [1.29, 1.82) is 0 Å². The van der Waals surface area contributed by atoms with E-state index in [9.17, 15) is 9.59 Å². The van der Waals surface area contributed by atoms with E-state index in [0.29, 0.717) is 13.0 Å². The lowest BCUT2D eigenvalue weighted by molar-refractivity contribution is -0.137. The van der Waals surface area contributed by atoms with Crippen molar-refractivity contribution in [3.05, 3.63) is 35.9 Å². The first-order chi connectivity index (χ1) is 10.7. The molecule has 4 heteroatoms. The maximum absolute atomic E-state index is 11.6. The average Bonchev–Trinajstić information content (AvgIpc) is 2.51. The van der Waals surface area contributed by atoms with Gasteiger partial charge in [-0.05, 0) is 37.7 Å². The van der Waals surface area contributed by atoms with E-state index in [1.165, 1.54) is 5.56 Å². The van der Waals surface area contributed by atoms with Crippen LogP contribution in [0.1, 0.15) is 56.9 Å². The summed E-state index contributed by atoms with van der Waals surface area (Å²) >= 11 is 0. The van der Waals surface area contributed by atoms with Crippen molar-refractivity contribution in [2.24, 2.45) is 0 Å². The van der Waals surface area contributed by atoms with Gasteiger partial charge in [0.25, 0.3) is 0 Å². The Labute approximate surface area is 132 Å². The number of carbonyl (C=O) groups is 2. The van der Waals surface area contributed by atoms with Crippen molar-refractivity contribution in [1.82, 2.24) is 5.32 Å². The summed E-state index contributed by atoms with van der Waals surface area (Å²) in [5, 5.41) is 11.4. The predicted octanol–water partition coefficient (Wildman–Crippen LogP) is 3.55. The summed E-state index contributed by atoms with van der Waals surface area (Å²) in [7, 11) is 0. The van der Waals surface area contributed by atoms with Crippen LogP contribution in [0.4, 0.5) is 0 Å². The van der Waals surface area contributed by atoms with Crippen LogP contribution in [-0.4, -0.2) is 23.5 Å². The molecule has 0 fully saturated rings. The second kappa shape index (κ2) is 11.8. The van der Waals surface area contributed by atoms with Crippen LogP contribution < -0.4 is 5.32 Å². The van der Waals surface area contributed by atoms with Crippen molar-refractivity contribution in [2.75, 3.05) is 6.54 Å². The van der Waals surface area contributed by atoms with Crippen LogP contribution in [0.3, 0.4) is 0 Å². The monoisotopic (exact) mass is 305 g/mol. The molecule has 122 valence electrons. The first kappa shape index (κ1) is 18.2. The maximum Gasteiger partial charge on any atom is 0.303 e. The number of hydrogen-bond acceptors (Lipinski definition) is 2. The first-order valence-corrected chi connectivity index (χ1v) is 8.21. The molecule has 0 bridgehead atoms. The van der Waals surface area contributed by atoms with Gasteiger partial charge in [0.1, 0.15) is 0 Å². The van der Waals surface area contributed by atoms with Gasteiger partial charge >= 0.3 is 5.97 Å². The van der Waals surface area contributed by atoms with Crippen LogP contribution in [0.5, 0.6) is 0 Å². The Kier molecular flexibility index (Phi) is 9.75. The molecule has 4 nitrogen and oxygen atoms in total. The predicted molar refractivity (Wildman–Crippen MR) is 87.7 cm³/mol. The molecule has 0 radical (unpaired) electrons. The molecule has 1 amide bonds. The summed E-state index contributed by atoms with van der Waals surface area (Å²) in [6, 6.07) is 10.3. The van der Waals surface area contributed by atoms with Crippen molar-refractivity contribution >= 4 is 11.9 Å². The number of aryl methyl sites for hydroxylation is 1. The van der Waals surface area contributed by atoms with Crippen molar-refractivity contribution < 1.29 is 14.7 Å². The zero-order valence-electron chi connectivity index (χ0n) is 13.2. The van der Waals surface area contributed by atoms with Gasteiger partial charge in [-0.1, -0.05) is 43.2 Å². The van der Waals surface area contributed by atoms with E-state index in [0.717, 1.165) is 44.9 Å². The van der Waals surface area contributed by atoms with Gasteiger partial charge in [-0.3, -0.25) is 9.59 Å². The largest absolute Gasteiger partial charge is 0.481 e. The highest BCUT2D eigenvalue weighted by molar-refractivity contribution is 5.75. The topological polar surface area (TPSA) is 66.4 Å². The third-order valence-corrected chi connectivity index (χ3v) is 3.60. The summed E-state index contributed by atoms with van der Waals surface area (Å²) in [6.07, 6.45) is 7.35. The highest BCUT2D eigenvalue weighted by Crippen LogP contribution is 2.06. The van der Waals surface area contributed by atoms with Crippen LogP contribution in [0.2, 0.25) is 0 Å². The number of carbonyl (C=O) groups excluding carboxylic acids is 1. The van der Waals surface area contributed by atoms with E-state index in [2.05, 4.69) is 17.4 Å². The van der Waals surface area contributed by atoms with E-state index < -0.39 is 5.97 Å². The number of aliphatic carboxylic acids is 1. The standard InChI is InChI=1S/C18H27NO3/c20-17(19-15-9-2-1-6-14-18(21)22)13-8-7-12-16-10-4-3-5-11-16/h3-5,10-11H,1-2,6-9,12-15H2,(H,19,20)(H,21,22). The molecule has 0 spiro atoms. The van der Waals surface area contributed by atoms with E-state index in [4.69, 9.17) is 5.11 Å². The molecule has 1 aromatic rings. The molecule has 1 aromatic carbocycles.